The zero-order valence-electron chi connectivity index (χ0n) is 11.2. The maximum absolute atomic E-state index is 5.37. The molecule has 1 fully saturated rings. The molecular weight excluding hydrogens is 244 g/mol. The van der Waals surface area contributed by atoms with Gasteiger partial charge in [-0.3, -0.25) is 0 Å². The van der Waals surface area contributed by atoms with Crippen LogP contribution < -0.4 is 5.32 Å². The number of hydrogen-bond donors (Lipinski definition) is 1. The summed E-state index contributed by atoms with van der Waals surface area (Å²) >= 11 is 1.89. The highest BCUT2D eigenvalue weighted by molar-refractivity contribution is 7.99. The maximum atomic E-state index is 5.37. The van der Waals surface area contributed by atoms with Crippen molar-refractivity contribution in [2.24, 2.45) is 0 Å². The van der Waals surface area contributed by atoms with E-state index in [0.29, 0.717) is 11.3 Å². The van der Waals surface area contributed by atoms with Crippen molar-refractivity contribution in [3.63, 3.8) is 0 Å². The van der Waals surface area contributed by atoms with Gasteiger partial charge in [-0.25, -0.2) is 4.98 Å². The lowest BCUT2D eigenvalue weighted by Crippen LogP contribution is -2.18. The van der Waals surface area contributed by atoms with Crippen LogP contribution in [0.4, 0.5) is 0 Å². The summed E-state index contributed by atoms with van der Waals surface area (Å²) < 4.78 is 5.37. The molecule has 3 nitrogen and oxygen atoms in total. The van der Waals surface area contributed by atoms with Crippen LogP contribution in [0.25, 0.3) is 0 Å². The van der Waals surface area contributed by atoms with E-state index in [1.807, 2.05) is 18.0 Å². The topological polar surface area (TPSA) is 34.1 Å². The van der Waals surface area contributed by atoms with Crippen molar-refractivity contribution in [1.29, 1.82) is 0 Å². The van der Waals surface area contributed by atoms with Crippen molar-refractivity contribution >= 4 is 11.8 Å². The van der Waals surface area contributed by atoms with Gasteiger partial charge in [0.1, 0.15) is 0 Å². The summed E-state index contributed by atoms with van der Waals surface area (Å²) in [4.78, 5) is 4.56. The van der Waals surface area contributed by atoms with E-state index in [2.05, 4.69) is 36.3 Å². The standard InChI is InChI=1S/C14H22N2OS/c1-3-15-11(2)12-4-5-14(16-10-12)18-13-6-8-17-9-7-13/h4-5,10-11,13,15H,3,6-9H2,1-2H3. The lowest BCUT2D eigenvalue weighted by molar-refractivity contribution is 0.1000. The van der Waals surface area contributed by atoms with Crippen molar-refractivity contribution in [1.82, 2.24) is 10.3 Å². The highest BCUT2D eigenvalue weighted by Gasteiger charge is 2.15. The van der Waals surface area contributed by atoms with Crippen LogP contribution >= 0.6 is 11.8 Å². The summed E-state index contributed by atoms with van der Waals surface area (Å²) in [5.41, 5.74) is 1.26. The lowest BCUT2D eigenvalue weighted by Gasteiger charge is -2.21. The average molecular weight is 266 g/mol. The average Bonchev–Trinajstić information content (AvgIpc) is 2.41. The van der Waals surface area contributed by atoms with Crippen LogP contribution in [0.2, 0.25) is 0 Å². The van der Waals surface area contributed by atoms with E-state index in [-0.39, 0.29) is 0 Å². The molecule has 1 saturated heterocycles. The van der Waals surface area contributed by atoms with Crippen LogP contribution in [-0.4, -0.2) is 30.0 Å². The molecule has 18 heavy (non-hydrogen) atoms. The smallest absolute Gasteiger partial charge is 0.0962 e. The Morgan fingerprint density at radius 3 is 2.83 bits per heavy atom. The Morgan fingerprint density at radius 1 is 1.44 bits per heavy atom. The Bertz CT molecular complexity index is 349. The fourth-order valence-corrected chi connectivity index (χ4v) is 3.14. The van der Waals surface area contributed by atoms with E-state index in [0.717, 1.165) is 37.6 Å². The van der Waals surface area contributed by atoms with Crippen LogP contribution in [-0.2, 0) is 4.74 Å². The summed E-state index contributed by atoms with van der Waals surface area (Å²) in [6.45, 7) is 7.07. The molecule has 0 radical (unpaired) electrons. The first-order chi connectivity index (χ1) is 8.79. The van der Waals surface area contributed by atoms with Gasteiger partial charge >= 0.3 is 0 Å². The van der Waals surface area contributed by atoms with Crippen LogP contribution in [0, 0.1) is 0 Å². The predicted octanol–water partition coefficient (Wildman–Crippen LogP) is 3.02. The third-order valence-corrected chi connectivity index (χ3v) is 4.51. The monoisotopic (exact) mass is 266 g/mol. The van der Waals surface area contributed by atoms with Gasteiger partial charge in [0.2, 0.25) is 0 Å². The van der Waals surface area contributed by atoms with E-state index < -0.39 is 0 Å². The van der Waals surface area contributed by atoms with Gasteiger partial charge in [-0.1, -0.05) is 13.0 Å². The highest BCUT2D eigenvalue weighted by Crippen LogP contribution is 2.28. The predicted molar refractivity (Wildman–Crippen MR) is 76.0 cm³/mol. The molecule has 1 N–H and O–H groups in total. The van der Waals surface area contributed by atoms with Crippen LogP contribution in [0.15, 0.2) is 23.4 Å². The molecule has 100 valence electrons. The van der Waals surface area contributed by atoms with Crippen molar-refractivity contribution in [3.8, 4) is 0 Å². The van der Waals surface area contributed by atoms with E-state index in [1.54, 1.807) is 0 Å². The lowest BCUT2D eigenvalue weighted by atomic mass is 10.1. The zero-order chi connectivity index (χ0) is 12.8. The van der Waals surface area contributed by atoms with Crippen molar-refractivity contribution in [2.45, 2.75) is 43.0 Å². The molecule has 2 heterocycles. The van der Waals surface area contributed by atoms with E-state index in [1.165, 1.54) is 5.56 Å². The van der Waals surface area contributed by atoms with Gasteiger partial charge < -0.3 is 10.1 Å². The van der Waals surface area contributed by atoms with Crippen LogP contribution in [0.5, 0.6) is 0 Å². The number of thioether (sulfide) groups is 1. The zero-order valence-corrected chi connectivity index (χ0v) is 12.0. The Kier molecular flexibility index (Phi) is 5.47. The van der Waals surface area contributed by atoms with Crippen molar-refractivity contribution in [2.75, 3.05) is 19.8 Å². The molecule has 0 amide bonds. The molecule has 1 aromatic heterocycles. The fourth-order valence-electron chi connectivity index (χ4n) is 2.11. The van der Waals surface area contributed by atoms with Crippen LogP contribution in [0.1, 0.15) is 38.3 Å². The van der Waals surface area contributed by atoms with E-state index in [4.69, 9.17) is 4.74 Å². The quantitative estimate of drug-likeness (QED) is 0.888. The largest absolute Gasteiger partial charge is 0.381 e. The molecule has 0 bridgehead atoms. The normalized spacial score (nSPS) is 18.8. The molecule has 1 aliphatic rings. The molecular formula is C14H22N2OS. The number of hydrogen-bond acceptors (Lipinski definition) is 4. The van der Waals surface area contributed by atoms with Gasteiger partial charge in [-0.2, -0.15) is 0 Å². The number of aromatic nitrogens is 1. The van der Waals surface area contributed by atoms with Gasteiger partial charge in [0.15, 0.2) is 0 Å². The molecule has 0 aromatic carbocycles. The van der Waals surface area contributed by atoms with Crippen molar-refractivity contribution in [3.05, 3.63) is 23.9 Å². The van der Waals surface area contributed by atoms with Gasteiger partial charge in [-0.05, 0) is 37.9 Å². The first-order valence-corrected chi connectivity index (χ1v) is 7.61. The summed E-state index contributed by atoms with van der Waals surface area (Å²) in [6, 6.07) is 4.70. The Morgan fingerprint density at radius 2 is 2.22 bits per heavy atom. The molecule has 0 aliphatic carbocycles. The minimum atomic E-state index is 0.379. The Hall–Kier alpha value is -0.580. The molecule has 1 aliphatic heterocycles. The van der Waals surface area contributed by atoms with E-state index >= 15 is 0 Å². The summed E-state index contributed by atoms with van der Waals surface area (Å²) in [5.74, 6) is 0. The highest BCUT2D eigenvalue weighted by atomic mass is 32.2. The third kappa shape index (κ3) is 3.97. The second-order valence-corrected chi connectivity index (χ2v) is 5.96. The molecule has 1 aromatic rings. The van der Waals surface area contributed by atoms with Gasteiger partial charge in [0.05, 0.1) is 5.03 Å². The minimum absolute atomic E-state index is 0.379. The number of nitrogens with zero attached hydrogens (tertiary/aromatic N) is 1. The first kappa shape index (κ1) is 13.8. The van der Waals surface area contributed by atoms with Gasteiger partial charge in [0, 0.05) is 30.7 Å². The first-order valence-electron chi connectivity index (χ1n) is 6.73. The molecule has 2 rings (SSSR count). The minimum Gasteiger partial charge on any atom is -0.381 e. The SMILES string of the molecule is CCNC(C)c1ccc(SC2CCOCC2)nc1. The molecule has 0 saturated carbocycles. The summed E-state index contributed by atoms with van der Waals surface area (Å²) in [7, 11) is 0. The molecule has 4 heteroatoms. The fraction of sp³-hybridized carbons (Fsp3) is 0.643. The Labute approximate surface area is 114 Å². The maximum Gasteiger partial charge on any atom is 0.0962 e. The Balaban J connectivity index is 1.90. The molecule has 1 unspecified atom stereocenters. The third-order valence-electron chi connectivity index (χ3n) is 3.23. The van der Waals surface area contributed by atoms with E-state index in [9.17, 15) is 0 Å². The second kappa shape index (κ2) is 7.12. The van der Waals surface area contributed by atoms with Crippen molar-refractivity contribution < 1.29 is 4.74 Å². The molecule has 1 atom stereocenters. The molecule has 0 spiro atoms. The second-order valence-electron chi connectivity index (χ2n) is 4.64. The van der Waals surface area contributed by atoms with Gasteiger partial charge in [0.25, 0.3) is 0 Å². The number of nitrogens with one attached hydrogen (secondary N) is 1. The number of pyridine rings is 1. The van der Waals surface area contributed by atoms with Crippen LogP contribution in [0.3, 0.4) is 0 Å². The van der Waals surface area contributed by atoms with Gasteiger partial charge in [-0.15, -0.1) is 11.8 Å². The number of rotatable bonds is 5. The summed E-state index contributed by atoms with van der Waals surface area (Å²) in [5, 5.41) is 5.20. The summed E-state index contributed by atoms with van der Waals surface area (Å²) in [6.07, 6.45) is 4.28. The number of ether oxygens (including phenoxy) is 1.